The zero-order chi connectivity index (χ0) is 21.8. The van der Waals surface area contributed by atoms with Crippen molar-refractivity contribution in [2.75, 3.05) is 7.11 Å². The first-order valence-corrected chi connectivity index (χ1v) is 12.1. The van der Waals surface area contributed by atoms with E-state index in [-0.39, 0.29) is 22.6 Å². The number of nitrogens with zero attached hydrogens (tertiary/aromatic N) is 1. The van der Waals surface area contributed by atoms with Crippen LogP contribution < -0.4 is 0 Å². The number of aromatic nitrogens is 1. The summed E-state index contributed by atoms with van der Waals surface area (Å²) < 4.78 is 96.6. The van der Waals surface area contributed by atoms with Crippen molar-refractivity contribution in [2.45, 2.75) is 47.8 Å². The summed E-state index contributed by atoms with van der Waals surface area (Å²) in [5.74, 6) is 0. The van der Waals surface area contributed by atoms with E-state index >= 15 is 0 Å². The summed E-state index contributed by atoms with van der Waals surface area (Å²) in [4.78, 5) is -0.711. The lowest BCUT2D eigenvalue weighted by Crippen LogP contribution is -2.51. The van der Waals surface area contributed by atoms with Gasteiger partial charge in [0.2, 0.25) is 0 Å². The van der Waals surface area contributed by atoms with Gasteiger partial charge in [0.15, 0.2) is 5.60 Å². The first kappa shape index (κ1) is 22.1. The molecule has 2 aromatic rings. The summed E-state index contributed by atoms with van der Waals surface area (Å²) in [6.07, 6.45) is -5.80. The molecule has 29 heavy (non-hydrogen) atoms. The summed E-state index contributed by atoms with van der Waals surface area (Å²) in [6.45, 7) is 1.74. The lowest BCUT2D eigenvalue weighted by atomic mass is 9.83. The van der Waals surface area contributed by atoms with Crippen molar-refractivity contribution in [3.8, 4) is 0 Å². The molecule has 0 bridgehead atoms. The Balaban J connectivity index is 2.27. The van der Waals surface area contributed by atoms with Crippen LogP contribution >= 0.6 is 10.7 Å². The largest absolute Gasteiger partial charge is 0.417 e. The van der Waals surface area contributed by atoms with Crippen LogP contribution in [0.4, 0.5) is 13.2 Å². The van der Waals surface area contributed by atoms with Gasteiger partial charge in [-0.15, -0.1) is 0 Å². The molecule has 1 aromatic heterocycles. The highest BCUT2D eigenvalue weighted by Gasteiger charge is 2.58. The lowest BCUT2D eigenvalue weighted by molar-refractivity contribution is -0.273. The molecule has 1 aliphatic carbocycles. The number of methoxy groups -OCH3 is 1. The first-order valence-electron chi connectivity index (χ1n) is 8.35. The number of ether oxygens (including phenoxy) is 1. The number of hydrogen-bond donors (Lipinski definition) is 0. The minimum atomic E-state index is -4.79. The maximum atomic E-state index is 13.7. The predicted octanol–water partition coefficient (Wildman–Crippen LogP) is 3.40. The minimum Gasteiger partial charge on any atom is -0.368 e. The van der Waals surface area contributed by atoms with Gasteiger partial charge in [-0.25, -0.2) is 20.8 Å². The third-order valence-electron chi connectivity index (χ3n) is 5.13. The van der Waals surface area contributed by atoms with E-state index in [1.807, 2.05) is 0 Å². The molecular weight excluding hydrogens is 455 g/mol. The highest BCUT2D eigenvalue weighted by atomic mass is 35.7. The molecule has 1 aromatic carbocycles. The van der Waals surface area contributed by atoms with Crippen molar-refractivity contribution < 1.29 is 34.7 Å². The van der Waals surface area contributed by atoms with Crippen molar-refractivity contribution in [2.24, 2.45) is 0 Å². The molecule has 0 aliphatic heterocycles. The molecule has 0 amide bonds. The third-order valence-corrected chi connectivity index (χ3v) is 8.21. The molecule has 6 nitrogen and oxygen atoms in total. The highest BCUT2D eigenvalue weighted by molar-refractivity contribution is 8.13. The molecule has 3 rings (SSSR count). The van der Waals surface area contributed by atoms with Crippen LogP contribution in [0.15, 0.2) is 40.3 Å². The average Bonchev–Trinajstić information content (AvgIpc) is 3.00. The van der Waals surface area contributed by atoms with Gasteiger partial charge in [0.25, 0.3) is 19.1 Å². The smallest absolute Gasteiger partial charge is 0.368 e. The molecule has 1 heterocycles. The minimum absolute atomic E-state index is 0.0485. The predicted molar refractivity (Wildman–Crippen MR) is 99.1 cm³/mol. The molecule has 0 radical (unpaired) electrons. The zero-order valence-electron chi connectivity index (χ0n) is 15.3. The van der Waals surface area contributed by atoms with Gasteiger partial charge in [-0.1, -0.05) is 17.7 Å². The molecule has 160 valence electrons. The molecule has 0 N–H and O–H groups in total. The monoisotopic (exact) mass is 471 g/mol. The van der Waals surface area contributed by atoms with Crippen LogP contribution in [-0.4, -0.2) is 39.7 Å². The number of alkyl halides is 3. The van der Waals surface area contributed by atoms with E-state index in [1.165, 1.54) is 24.3 Å². The lowest BCUT2D eigenvalue weighted by Gasteiger charge is -2.38. The highest BCUT2D eigenvalue weighted by Crippen LogP contribution is 2.45. The fourth-order valence-electron chi connectivity index (χ4n) is 3.46. The maximum Gasteiger partial charge on any atom is 0.417 e. The molecule has 1 unspecified atom stereocenters. The third kappa shape index (κ3) is 3.69. The second kappa shape index (κ2) is 7.00. The molecule has 0 saturated heterocycles. The molecule has 0 fully saturated rings. The van der Waals surface area contributed by atoms with Crippen LogP contribution in [0, 0.1) is 6.92 Å². The van der Waals surface area contributed by atoms with E-state index in [4.69, 9.17) is 15.4 Å². The molecule has 1 aliphatic rings. The van der Waals surface area contributed by atoms with Crippen molar-refractivity contribution >= 4 is 29.8 Å². The number of hydrogen-bond acceptors (Lipinski definition) is 5. The number of fused-ring (bicyclic) bond motifs is 1. The Kier molecular flexibility index (Phi) is 5.34. The van der Waals surface area contributed by atoms with Gasteiger partial charge >= 0.3 is 6.18 Å². The van der Waals surface area contributed by atoms with Gasteiger partial charge in [-0.3, -0.25) is 0 Å². The molecule has 1 atom stereocenters. The quantitative estimate of drug-likeness (QED) is 0.638. The van der Waals surface area contributed by atoms with E-state index in [0.29, 0.717) is 3.97 Å². The van der Waals surface area contributed by atoms with E-state index in [1.54, 1.807) is 6.92 Å². The van der Waals surface area contributed by atoms with Crippen LogP contribution in [0.3, 0.4) is 0 Å². The number of benzene rings is 1. The number of rotatable bonds is 4. The van der Waals surface area contributed by atoms with Crippen LogP contribution in [0.2, 0.25) is 0 Å². The van der Waals surface area contributed by atoms with Crippen molar-refractivity contribution in [1.82, 2.24) is 3.97 Å². The first-order chi connectivity index (χ1) is 13.2. The topological polar surface area (TPSA) is 82.4 Å². The average molecular weight is 472 g/mol. The number of aryl methyl sites for hydroxylation is 1. The van der Waals surface area contributed by atoms with E-state index in [2.05, 4.69) is 0 Å². The van der Waals surface area contributed by atoms with E-state index in [9.17, 15) is 30.0 Å². The van der Waals surface area contributed by atoms with Crippen molar-refractivity contribution in [3.05, 3.63) is 47.3 Å². The normalized spacial score (nSPS) is 20.5. The molecular formula is C17H17ClF3NO5S2. The van der Waals surface area contributed by atoms with Crippen LogP contribution in [0.25, 0.3) is 0 Å². The fraction of sp³-hybridized carbons (Fsp3) is 0.412. The fourth-order valence-corrected chi connectivity index (χ4v) is 6.08. The van der Waals surface area contributed by atoms with Gasteiger partial charge < -0.3 is 4.74 Å². The Morgan fingerprint density at radius 2 is 1.72 bits per heavy atom. The summed E-state index contributed by atoms with van der Waals surface area (Å²) in [5.41, 5.74) is -2.22. The van der Waals surface area contributed by atoms with Gasteiger partial charge in [-0.05, 0) is 37.5 Å². The Bertz CT molecular complexity index is 1150. The van der Waals surface area contributed by atoms with Crippen LogP contribution in [0.5, 0.6) is 0 Å². The number of halogens is 4. The van der Waals surface area contributed by atoms with Gasteiger partial charge in [0.1, 0.15) is 4.90 Å². The summed E-state index contributed by atoms with van der Waals surface area (Å²) >= 11 is 0. The Morgan fingerprint density at radius 1 is 1.14 bits per heavy atom. The van der Waals surface area contributed by atoms with Gasteiger partial charge in [0, 0.05) is 36.1 Å². The van der Waals surface area contributed by atoms with Gasteiger partial charge in [-0.2, -0.15) is 13.2 Å². The molecule has 0 saturated carbocycles. The Labute approximate surface area is 170 Å². The van der Waals surface area contributed by atoms with Crippen LogP contribution in [0.1, 0.15) is 23.2 Å². The standard InChI is InChI=1S/C17H17ClF3NO5S2/c1-11-3-5-12(6-4-11)29(25,26)22-10-15(28(18,23)24)13-7-8-16(27-2,9-14(13)22)17(19,20)21/h3-6,10H,7-9H2,1-2H3. The maximum absolute atomic E-state index is 13.7. The van der Waals surface area contributed by atoms with E-state index < -0.39 is 48.6 Å². The Hall–Kier alpha value is -1.56. The van der Waals surface area contributed by atoms with Gasteiger partial charge in [0.05, 0.1) is 4.90 Å². The zero-order valence-corrected chi connectivity index (χ0v) is 17.7. The summed E-state index contributed by atoms with van der Waals surface area (Å²) in [6, 6.07) is 5.64. The van der Waals surface area contributed by atoms with Crippen molar-refractivity contribution in [1.29, 1.82) is 0 Å². The van der Waals surface area contributed by atoms with Crippen LogP contribution in [-0.2, 0) is 36.7 Å². The Morgan fingerprint density at radius 3 is 2.21 bits per heavy atom. The summed E-state index contributed by atoms with van der Waals surface area (Å²) in [5, 5.41) is 0. The second-order valence-electron chi connectivity index (χ2n) is 6.84. The van der Waals surface area contributed by atoms with Crippen molar-refractivity contribution in [3.63, 3.8) is 0 Å². The molecule has 12 heteroatoms. The molecule has 0 spiro atoms. The second-order valence-corrected chi connectivity index (χ2v) is 11.2. The van der Waals surface area contributed by atoms with E-state index in [0.717, 1.165) is 18.9 Å². The summed E-state index contributed by atoms with van der Waals surface area (Å²) in [7, 11) is -2.44. The SMILES string of the molecule is COC1(C(F)(F)F)CCc2c(S(=O)(=O)Cl)cn(S(=O)(=O)c3ccc(C)cc3)c2C1.